The van der Waals surface area contributed by atoms with Crippen molar-refractivity contribution in [3.8, 4) is 0 Å². The van der Waals surface area contributed by atoms with Crippen molar-refractivity contribution < 1.29 is 15.3 Å². The summed E-state index contributed by atoms with van der Waals surface area (Å²) in [7, 11) is 0. The van der Waals surface area contributed by atoms with E-state index in [1.54, 1.807) is 0 Å². The third kappa shape index (κ3) is 16.4. The summed E-state index contributed by atoms with van der Waals surface area (Å²) >= 11 is 0. The second kappa shape index (κ2) is 17.4. The molecule has 4 heteroatoms. The molecule has 0 amide bonds. The van der Waals surface area contributed by atoms with E-state index in [9.17, 15) is 5.11 Å². The quantitative estimate of drug-likeness (QED) is 0.321. The summed E-state index contributed by atoms with van der Waals surface area (Å²) < 4.78 is 0. The van der Waals surface area contributed by atoms with Gasteiger partial charge in [-0.1, -0.05) is 84.0 Å². The molecule has 3 N–H and O–H groups in total. The minimum Gasteiger partial charge on any atom is -0.388 e. The van der Waals surface area contributed by atoms with E-state index in [2.05, 4.69) is 6.92 Å². The fourth-order valence-corrected chi connectivity index (χ4v) is 2.34. The van der Waals surface area contributed by atoms with E-state index in [0.29, 0.717) is 6.42 Å². The summed E-state index contributed by atoms with van der Waals surface area (Å²) in [5, 5.41) is 26.6. The third-order valence-electron chi connectivity index (χ3n) is 3.70. The van der Waals surface area contributed by atoms with Crippen molar-refractivity contribution in [2.45, 2.75) is 103 Å². The van der Waals surface area contributed by atoms with Gasteiger partial charge in [-0.25, -0.2) is 0 Å². The Labute approximate surface area is 135 Å². The van der Waals surface area contributed by atoms with E-state index in [1.165, 1.54) is 64.2 Å². The number of hydrogen-bond acceptors (Lipinski definition) is 3. The van der Waals surface area contributed by atoms with Gasteiger partial charge in [0.15, 0.2) is 6.29 Å². The van der Waals surface area contributed by atoms with Gasteiger partial charge in [-0.3, -0.25) is 0 Å². The zero-order chi connectivity index (χ0) is 14.3. The number of aliphatic hydroxyl groups is 3. The molecule has 0 fully saturated rings. The largest absolute Gasteiger partial charge is 0.388 e. The lowest BCUT2D eigenvalue weighted by Gasteiger charge is -2.11. The summed E-state index contributed by atoms with van der Waals surface area (Å²) in [6, 6.07) is 0. The highest BCUT2D eigenvalue weighted by molar-refractivity contribution is 8.93. The normalized spacial score (nSPS) is 12.4. The van der Waals surface area contributed by atoms with Crippen molar-refractivity contribution >= 4 is 17.0 Å². The molecule has 0 saturated carbocycles. The van der Waals surface area contributed by atoms with Crippen LogP contribution in [0, 0.1) is 0 Å². The van der Waals surface area contributed by atoms with Crippen molar-refractivity contribution in [2.75, 3.05) is 0 Å². The number of aliphatic hydroxyl groups excluding tert-OH is 2. The van der Waals surface area contributed by atoms with Gasteiger partial charge >= 0.3 is 0 Å². The van der Waals surface area contributed by atoms with Gasteiger partial charge in [0, 0.05) is 0 Å². The number of hydrogen-bond donors (Lipinski definition) is 3. The topological polar surface area (TPSA) is 60.7 Å². The van der Waals surface area contributed by atoms with Crippen LogP contribution < -0.4 is 0 Å². The van der Waals surface area contributed by atoms with E-state index < -0.39 is 12.4 Å². The van der Waals surface area contributed by atoms with Crippen LogP contribution in [0.3, 0.4) is 0 Å². The molecule has 0 aliphatic rings. The fraction of sp³-hybridized carbons (Fsp3) is 1.00. The predicted molar refractivity (Wildman–Crippen MR) is 90.2 cm³/mol. The average Bonchev–Trinajstić information content (AvgIpc) is 2.39. The van der Waals surface area contributed by atoms with Crippen LogP contribution in [0.15, 0.2) is 0 Å². The highest BCUT2D eigenvalue weighted by Gasteiger charge is 2.11. The predicted octanol–water partition coefficient (Wildman–Crippen LogP) is 4.33. The molecular weight excluding hydrogens is 320 g/mol. The van der Waals surface area contributed by atoms with Crippen LogP contribution in [0.2, 0.25) is 0 Å². The van der Waals surface area contributed by atoms with Gasteiger partial charge in [0.2, 0.25) is 0 Å². The first kappa shape index (κ1) is 22.6. The summed E-state index contributed by atoms with van der Waals surface area (Å²) in [5.74, 6) is 0. The summed E-state index contributed by atoms with van der Waals surface area (Å²) in [6.45, 7) is 2.25. The van der Waals surface area contributed by atoms with E-state index in [1.807, 2.05) is 0 Å². The molecule has 0 radical (unpaired) electrons. The molecule has 0 aromatic rings. The zero-order valence-corrected chi connectivity index (χ0v) is 14.8. The Morgan fingerprint density at radius 1 is 0.600 bits per heavy atom. The molecule has 0 bridgehead atoms. The maximum atomic E-state index is 9.19. The Morgan fingerprint density at radius 2 is 0.950 bits per heavy atom. The van der Waals surface area contributed by atoms with Crippen LogP contribution in [0.1, 0.15) is 90.4 Å². The Morgan fingerprint density at radius 3 is 1.30 bits per heavy atom. The standard InChI is InChI=1S/C16H34O3.BrH/c1-2-3-4-5-6-7-8-9-10-11-12-13-14-15(17)16(18)19;/h15-19H,2-14H2,1H3;1H. The summed E-state index contributed by atoms with van der Waals surface area (Å²) in [6.07, 6.45) is 13.3. The first-order chi connectivity index (χ1) is 9.18. The molecule has 0 heterocycles. The van der Waals surface area contributed by atoms with Crippen LogP contribution >= 0.6 is 17.0 Å². The monoisotopic (exact) mass is 354 g/mol. The van der Waals surface area contributed by atoms with Crippen molar-refractivity contribution in [3.05, 3.63) is 0 Å². The number of rotatable bonds is 14. The van der Waals surface area contributed by atoms with E-state index in [4.69, 9.17) is 10.2 Å². The molecule has 0 aliphatic heterocycles. The molecule has 0 aromatic carbocycles. The molecule has 0 spiro atoms. The van der Waals surface area contributed by atoms with E-state index in [0.717, 1.165) is 12.8 Å². The van der Waals surface area contributed by atoms with Gasteiger partial charge < -0.3 is 15.3 Å². The lowest BCUT2D eigenvalue weighted by Crippen LogP contribution is -2.24. The molecule has 0 aromatic heterocycles. The molecule has 3 nitrogen and oxygen atoms in total. The SMILES string of the molecule is Br.CCCCCCCCCCCCCCC(O)C(O)O. The van der Waals surface area contributed by atoms with Gasteiger partial charge in [0.1, 0.15) is 6.10 Å². The van der Waals surface area contributed by atoms with Gasteiger partial charge in [0.25, 0.3) is 0 Å². The average molecular weight is 355 g/mol. The molecule has 1 atom stereocenters. The minimum atomic E-state index is -1.58. The van der Waals surface area contributed by atoms with Gasteiger partial charge in [-0.2, -0.15) is 0 Å². The highest BCUT2D eigenvalue weighted by atomic mass is 79.9. The maximum Gasteiger partial charge on any atom is 0.178 e. The van der Waals surface area contributed by atoms with Crippen LogP contribution in [0.25, 0.3) is 0 Å². The first-order valence-electron chi connectivity index (χ1n) is 8.22. The second-order valence-corrected chi connectivity index (χ2v) is 5.66. The Kier molecular flexibility index (Phi) is 19.7. The molecular formula is C16H35BrO3. The fourth-order valence-electron chi connectivity index (χ4n) is 2.34. The zero-order valence-electron chi connectivity index (χ0n) is 13.1. The number of halogens is 1. The molecule has 0 saturated heterocycles. The first-order valence-corrected chi connectivity index (χ1v) is 8.22. The van der Waals surface area contributed by atoms with E-state index in [-0.39, 0.29) is 17.0 Å². The number of unbranched alkanes of at least 4 members (excludes halogenated alkanes) is 11. The van der Waals surface area contributed by atoms with Crippen LogP contribution in [-0.2, 0) is 0 Å². The van der Waals surface area contributed by atoms with Crippen molar-refractivity contribution in [1.82, 2.24) is 0 Å². The molecule has 0 rings (SSSR count). The van der Waals surface area contributed by atoms with Crippen molar-refractivity contribution in [3.63, 3.8) is 0 Å². The van der Waals surface area contributed by atoms with Gasteiger partial charge in [-0.15, -0.1) is 17.0 Å². The second-order valence-electron chi connectivity index (χ2n) is 5.66. The smallest absolute Gasteiger partial charge is 0.178 e. The summed E-state index contributed by atoms with van der Waals surface area (Å²) in [4.78, 5) is 0. The maximum absolute atomic E-state index is 9.19. The van der Waals surface area contributed by atoms with E-state index >= 15 is 0 Å². The Bertz CT molecular complexity index is 177. The van der Waals surface area contributed by atoms with Crippen molar-refractivity contribution in [1.29, 1.82) is 0 Å². The van der Waals surface area contributed by atoms with Crippen LogP contribution in [0.5, 0.6) is 0 Å². The van der Waals surface area contributed by atoms with Crippen molar-refractivity contribution in [2.24, 2.45) is 0 Å². The van der Waals surface area contributed by atoms with Gasteiger partial charge in [-0.05, 0) is 6.42 Å². The molecule has 1 unspecified atom stereocenters. The molecule has 0 aliphatic carbocycles. The Balaban J connectivity index is 0. The van der Waals surface area contributed by atoms with Gasteiger partial charge in [0.05, 0.1) is 0 Å². The molecule has 20 heavy (non-hydrogen) atoms. The van der Waals surface area contributed by atoms with Crippen LogP contribution in [0.4, 0.5) is 0 Å². The minimum absolute atomic E-state index is 0. The lowest BCUT2D eigenvalue weighted by atomic mass is 10.0. The summed E-state index contributed by atoms with van der Waals surface area (Å²) in [5.41, 5.74) is 0. The molecule has 124 valence electrons. The Hall–Kier alpha value is 0.360. The highest BCUT2D eigenvalue weighted by Crippen LogP contribution is 2.13. The van der Waals surface area contributed by atoms with Crippen LogP contribution in [-0.4, -0.2) is 27.7 Å². The lowest BCUT2D eigenvalue weighted by molar-refractivity contribution is -0.124. The third-order valence-corrected chi connectivity index (χ3v) is 3.70.